The van der Waals surface area contributed by atoms with E-state index in [9.17, 15) is 4.79 Å². The average molecular weight is 205 g/mol. The van der Waals surface area contributed by atoms with Gasteiger partial charge in [0.2, 0.25) is 0 Å². The van der Waals surface area contributed by atoms with E-state index >= 15 is 0 Å². The van der Waals surface area contributed by atoms with Crippen molar-refractivity contribution < 1.29 is 14.3 Å². The first-order valence-electron chi connectivity index (χ1n) is 4.72. The van der Waals surface area contributed by atoms with Crippen LogP contribution in [0.3, 0.4) is 0 Å². The van der Waals surface area contributed by atoms with Gasteiger partial charge < -0.3 is 9.47 Å². The molecule has 0 radical (unpaired) electrons. The Kier molecular flexibility index (Phi) is 3.09. The molecule has 1 unspecified atom stereocenters. The zero-order valence-electron chi connectivity index (χ0n) is 8.13. The number of rotatable bonds is 4. The number of hydrogen-bond donors (Lipinski definition) is 0. The number of carbonyl (C=O) groups is 1. The van der Waals surface area contributed by atoms with Crippen molar-refractivity contribution in [3.63, 3.8) is 0 Å². The largest absolute Gasteiger partial charge is 0.460 e. The highest BCUT2D eigenvalue weighted by molar-refractivity contribution is 5.86. The van der Waals surface area contributed by atoms with Crippen LogP contribution in [0.25, 0.3) is 6.08 Å². The van der Waals surface area contributed by atoms with E-state index in [1.165, 1.54) is 6.08 Å². The number of esters is 1. The first kappa shape index (κ1) is 9.86. The normalized spacial score (nSPS) is 19.1. The first-order chi connectivity index (χ1) is 7.34. The zero-order chi connectivity index (χ0) is 10.5. The molecule has 1 saturated heterocycles. The van der Waals surface area contributed by atoms with Gasteiger partial charge in [-0.2, -0.15) is 0 Å². The standard InChI is InChI=1S/C11H11NO3/c13-11(15-8-10-7-14-10)5-4-9-3-1-2-6-12-9/h1-6,10H,7-8H2/b5-4+. The highest BCUT2D eigenvalue weighted by atomic mass is 16.6. The van der Waals surface area contributed by atoms with Crippen LogP contribution in [-0.4, -0.2) is 30.3 Å². The summed E-state index contributed by atoms with van der Waals surface area (Å²) in [5.41, 5.74) is 0.733. The maximum Gasteiger partial charge on any atom is 0.330 e. The molecule has 1 atom stereocenters. The van der Waals surface area contributed by atoms with Gasteiger partial charge >= 0.3 is 5.97 Å². The number of carbonyl (C=O) groups excluding carboxylic acids is 1. The van der Waals surface area contributed by atoms with Gasteiger partial charge in [-0.15, -0.1) is 0 Å². The van der Waals surface area contributed by atoms with Crippen LogP contribution in [-0.2, 0) is 14.3 Å². The lowest BCUT2D eigenvalue weighted by Gasteiger charge is -1.96. The average Bonchev–Trinajstić information content (AvgIpc) is 3.09. The Balaban J connectivity index is 1.79. The molecule has 78 valence electrons. The van der Waals surface area contributed by atoms with E-state index in [0.717, 1.165) is 5.69 Å². The molecule has 1 fully saturated rings. The molecule has 4 heteroatoms. The first-order valence-corrected chi connectivity index (χ1v) is 4.72. The zero-order valence-corrected chi connectivity index (χ0v) is 8.13. The van der Waals surface area contributed by atoms with Gasteiger partial charge in [0.25, 0.3) is 0 Å². The molecule has 0 N–H and O–H groups in total. The number of hydrogen-bond acceptors (Lipinski definition) is 4. The predicted molar refractivity (Wildman–Crippen MR) is 54.0 cm³/mol. The van der Waals surface area contributed by atoms with Crippen LogP contribution in [0.15, 0.2) is 30.5 Å². The Morgan fingerprint density at radius 1 is 1.67 bits per heavy atom. The summed E-state index contributed by atoms with van der Waals surface area (Å²) in [5.74, 6) is -0.365. The summed E-state index contributed by atoms with van der Waals surface area (Å²) in [6, 6.07) is 5.49. The third-order valence-electron chi connectivity index (χ3n) is 1.89. The van der Waals surface area contributed by atoms with E-state index in [-0.39, 0.29) is 12.1 Å². The maximum absolute atomic E-state index is 11.2. The van der Waals surface area contributed by atoms with Crippen molar-refractivity contribution in [3.8, 4) is 0 Å². The molecular weight excluding hydrogens is 194 g/mol. The summed E-state index contributed by atoms with van der Waals surface area (Å²) in [6.45, 7) is 1.03. The summed E-state index contributed by atoms with van der Waals surface area (Å²) in [7, 11) is 0. The van der Waals surface area contributed by atoms with E-state index in [2.05, 4.69) is 4.98 Å². The molecule has 1 aliphatic heterocycles. The molecule has 1 aromatic rings. The summed E-state index contributed by atoms with van der Waals surface area (Å²) >= 11 is 0. The summed E-state index contributed by atoms with van der Waals surface area (Å²) in [4.78, 5) is 15.2. The van der Waals surface area contributed by atoms with Gasteiger partial charge in [0.15, 0.2) is 0 Å². The molecule has 15 heavy (non-hydrogen) atoms. The number of ether oxygens (including phenoxy) is 2. The van der Waals surface area contributed by atoms with E-state index in [1.54, 1.807) is 12.3 Å². The lowest BCUT2D eigenvalue weighted by atomic mass is 10.3. The molecule has 0 spiro atoms. The second kappa shape index (κ2) is 4.70. The molecule has 0 bridgehead atoms. The van der Waals surface area contributed by atoms with Crippen molar-refractivity contribution in [1.82, 2.24) is 4.98 Å². The van der Waals surface area contributed by atoms with Crippen molar-refractivity contribution >= 4 is 12.0 Å². The van der Waals surface area contributed by atoms with E-state index in [1.807, 2.05) is 18.2 Å². The van der Waals surface area contributed by atoms with Crippen molar-refractivity contribution in [1.29, 1.82) is 0 Å². The summed E-state index contributed by atoms with van der Waals surface area (Å²) in [6.07, 6.45) is 4.77. The van der Waals surface area contributed by atoms with Crippen molar-refractivity contribution in [2.75, 3.05) is 13.2 Å². The highest BCUT2D eigenvalue weighted by Crippen LogP contribution is 2.08. The second-order valence-corrected chi connectivity index (χ2v) is 3.17. The quantitative estimate of drug-likeness (QED) is 0.418. The third-order valence-corrected chi connectivity index (χ3v) is 1.89. The van der Waals surface area contributed by atoms with Gasteiger partial charge in [0.05, 0.1) is 12.3 Å². The second-order valence-electron chi connectivity index (χ2n) is 3.17. The molecular formula is C11H11NO3. The van der Waals surface area contributed by atoms with Crippen LogP contribution in [0, 0.1) is 0 Å². The van der Waals surface area contributed by atoms with Crippen molar-refractivity contribution in [2.24, 2.45) is 0 Å². The fraction of sp³-hybridized carbons (Fsp3) is 0.273. The van der Waals surface area contributed by atoms with E-state index in [4.69, 9.17) is 9.47 Å². The molecule has 4 nitrogen and oxygen atoms in total. The number of nitrogens with zero attached hydrogens (tertiary/aromatic N) is 1. The van der Waals surface area contributed by atoms with Crippen LogP contribution < -0.4 is 0 Å². The Labute approximate surface area is 87.5 Å². The van der Waals surface area contributed by atoms with Crippen LogP contribution in [0.2, 0.25) is 0 Å². The molecule has 0 saturated carbocycles. The Bertz CT molecular complexity index is 357. The highest BCUT2D eigenvalue weighted by Gasteiger charge is 2.23. The van der Waals surface area contributed by atoms with Gasteiger partial charge in [-0.3, -0.25) is 4.98 Å². The Morgan fingerprint density at radius 2 is 2.53 bits per heavy atom. The molecule has 1 aromatic heterocycles. The van der Waals surface area contributed by atoms with Gasteiger partial charge in [-0.1, -0.05) is 6.07 Å². The summed E-state index contributed by atoms with van der Waals surface area (Å²) in [5, 5.41) is 0. The predicted octanol–water partition coefficient (Wildman–Crippen LogP) is 1.04. The van der Waals surface area contributed by atoms with Gasteiger partial charge in [0.1, 0.15) is 12.7 Å². The molecule has 0 amide bonds. The van der Waals surface area contributed by atoms with E-state index < -0.39 is 0 Å². The Hall–Kier alpha value is -1.68. The maximum atomic E-state index is 11.2. The van der Waals surface area contributed by atoms with Crippen LogP contribution >= 0.6 is 0 Å². The molecule has 0 aliphatic carbocycles. The van der Waals surface area contributed by atoms with Crippen LogP contribution in [0.5, 0.6) is 0 Å². The van der Waals surface area contributed by atoms with Gasteiger partial charge in [-0.05, 0) is 18.2 Å². The van der Waals surface area contributed by atoms with Crippen molar-refractivity contribution in [3.05, 3.63) is 36.2 Å². The smallest absolute Gasteiger partial charge is 0.330 e. The van der Waals surface area contributed by atoms with Gasteiger partial charge in [-0.25, -0.2) is 4.79 Å². The SMILES string of the molecule is O=C(/C=C/c1ccccn1)OCC1CO1. The van der Waals surface area contributed by atoms with Gasteiger partial charge in [0, 0.05) is 12.3 Å². The molecule has 2 heterocycles. The monoisotopic (exact) mass is 205 g/mol. The fourth-order valence-electron chi connectivity index (χ4n) is 1.02. The molecule has 0 aromatic carbocycles. The third kappa shape index (κ3) is 3.52. The topological polar surface area (TPSA) is 51.7 Å². The molecule has 2 rings (SSSR count). The number of epoxide rings is 1. The van der Waals surface area contributed by atoms with Crippen molar-refractivity contribution in [2.45, 2.75) is 6.10 Å². The fourth-order valence-corrected chi connectivity index (χ4v) is 1.02. The van der Waals surface area contributed by atoms with Crippen LogP contribution in [0.1, 0.15) is 5.69 Å². The summed E-state index contributed by atoms with van der Waals surface area (Å²) < 4.78 is 9.82. The van der Waals surface area contributed by atoms with E-state index in [0.29, 0.717) is 13.2 Å². The number of aromatic nitrogens is 1. The Morgan fingerprint density at radius 3 is 3.20 bits per heavy atom. The lowest BCUT2D eigenvalue weighted by molar-refractivity contribution is -0.138. The minimum Gasteiger partial charge on any atom is -0.460 e. The minimum absolute atomic E-state index is 0.109. The molecule has 1 aliphatic rings. The van der Waals surface area contributed by atoms with Crippen LogP contribution in [0.4, 0.5) is 0 Å². The number of pyridine rings is 1. The minimum atomic E-state index is -0.365. The lowest BCUT2D eigenvalue weighted by Crippen LogP contribution is -2.06.